The summed E-state index contributed by atoms with van der Waals surface area (Å²) in [7, 11) is -4.07. The second-order valence-corrected chi connectivity index (χ2v) is 16.4. The van der Waals surface area contributed by atoms with Gasteiger partial charge in [0, 0.05) is 24.2 Å². The second kappa shape index (κ2) is 18.8. The summed E-state index contributed by atoms with van der Waals surface area (Å²) in [6.07, 6.45) is 12.0. The Labute approximate surface area is 317 Å². The number of carboxylic acid groups (broad SMARTS) is 1. The minimum absolute atomic E-state index is 0.0213. The fourth-order valence-corrected chi connectivity index (χ4v) is 9.19. The monoisotopic (exact) mass is 770 g/mol. The zero-order valence-corrected chi connectivity index (χ0v) is 32.9. The Balaban J connectivity index is 1.68. The van der Waals surface area contributed by atoms with Gasteiger partial charge in [0.25, 0.3) is 5.91 Å². The number of hydrogen-bond donors (Lipinski definition) is 5. The number of carboxylic acids is 1. The predicted molar refractivity (Wildman–Crippen MR) is 208 cm³/mol. The molecule has 0 spiro atoms. The number of rotatable bonds is 18. The number of thioether (sulfide) groups is 1. The largest absolute Gasteiger partial charge is 0.508 e. The third-order valence-corrected chi connectivity index (χ3v) is 12.2. The van der Waals surface area contributed by atoms with E-state index in [1.165, 1.54) is 23.9 Å². The van der Waals surface area contributed by atoms with Crippen LogP contribution in [0.15, 0.2) is 76.2 Å². The maximum absolute atomic E-state index is 14.3. The molecule has 3 unspecified atom stereocenters. The Morgan fingerprint density at radius 2 is 1.74 bits per heavy atom. The molecule has 2 amide bonds. The first-order valence-electron chi connectivity index (χ1n) is 18.4. The van der Waals surface area contributed by atoms with Crippen LogP contribution in [0.4, 0.5) is 11.4 Å². The van der Waals surface area contributed by atoms with Crippen LogP contribution in [0.2, 0.25) is 0 Å². The lowest BCUT2D eigenvalue weighted by Gasteiger charge is -2.37. The Morgan fingerprint density at radius 3 is 2.32 bits per heavy atom. The number of aliphatic hydroxyl groups is 1. The summed E-state index contributed by atoms with van der Waals surface area (Å²) < 4.78 is 37.8. The number of unbranched alkanes of at least 4 members (excludes halogenated alkanes) is 2. The summed E-state index contributed by atoms with van der Waals surface area (Å²) in [5.41, 5.74) is 0.641. The Hall–Kier alpha value is -4.01. The molecule has 0 fully saturated rings. The molecule has 53 heavy (non-hydrogen) atoms. The first-order chi connectivity index (χ1) is 25.3. The van der Waals surface area contributed by atoms with E-state index in [2.05, 4.69) is 34.1 Å². The molecule has 5 N–H and O–H groups in total. The SMILES string of the molecule is CCCCC1(CCCC)CN(c2ccccc2)c2cc(SC)c(OCC(=O)NC(C(=O)N[C@@H](CCC)C(=O)O)C3C=CC(O)=CC3C)cc2S(=O)(=O)N1. The van der Waals surface area contributed by atoms with Crippen molar-refractivity contribution in [3.63, 3.8) is 0 Å². The highest BCUT2D eigenvalue weighted by Crippen LogP contribution is 2.44. The fraction of sp³-hybridized carbons (Fsp3) is 0.513. The molecule has 12 nitrogen and oxygen atoms in total. The van der Waals surface area contributed by atoms with Gasteiger partial charge in [-0.1, -0.05) is 84.1 Å². The lowest BCUT2D eigenvalue weighted by atomic mass is 9.83. The van der Waals surface area contributed by atoms with Crippen LogP contribution in [0.3, 0.4) is 0 Å². The quantitative estimate of drug-likeness (QED) is 0.106. The van der Waals surface area contributed by atoms with E-state index in [1.54, 1.807) is 32.1 Å². The van der Waals surface area contributed by atoms with Gasteiger partial charge < -0.3 is 30.5 Å². The van der Waals surface area contributed by atoms with Crippen molar-refractivity contribution < 1.29 is 37.8 Å². The second-order valence-electron chi connectivity index (χ2n) is 13.9. The van der Waals surface area contributed by atoms with Gasteiger partial charge in [0.1, 0.15) is 28.5 Å². The highest BCUT2D eigenvalue weighted by atomic mass is 32.2. The van der Waals surface area contributed by atoms with Gasteiger partial charge in [0.05, 0.1) is 16.1 Å². The standard InChI is InChI=1S/C39H54N4O8S2/c1-6-9-19-39(20-10-7-2)25-43(27-15-12-11-13-16-27)31-22-33(52-5)32(23-34(31)53(49,50)42-39)51-24-35(45)41-36(29-18-17-28(44)21-26(29)4)37(46)40-30(14-8-3)38(47)48/h11-13,15-18,21-23,26,29-30,36,42,44H,6-10,14,19-20,24-25H2,1-5H3,(H,40,46)(H,41,45)(H,47,48)/t26?,29?,30-,36?/m0/s1. The number of nitrogens with one attached hydrogen (secondary N) is 3. The minimum atomic E-state index is -4.07. The highest BCUT2D eigenvalue weighted by molar-refractivity contribution is 7.98. The van der Waals surface area contributed by atoms with Crippen molar-refractivity contribution in [1.29, 1.82) is 0 Å². The molecule has 4 rings (SSSR count). The molecule has 1 heterocycles. The molecule has 0 radical (unpaired) electrons. The van der Waals surface area contributed by atoms with Crippen molar-refractivity contribution in [1.82, 2.24) is 15.4 Å². The van der Waals surface area contributed by atoms with Crippen LogP contribution in [-0.4, -0.2) is 73.4 Å². The van der Waals surface area contributed by atoms with E-state index in [1.807, 2.05) is 36.6 Å². The van der Waals surface area contributed by atoms with E-state index in [0.717, 1.165) is 31.4 Å². The number of carbonyl (C=O) groups is 3. The molecule has 0 aromatic heterocycles. The molecule has 0 bridgehead atoms. The van der Waals surface area contributed by atoms with Gasteiger partial charge >= 0.3 is 5.97 Å². The number of nitrogens with zero attached hydrogens (tertiary/aromatic N) is 1. The number of amides is 2. The molecule has 0 saturated heterocycles. The topological polar surface area (TPSA) is 174 Å². The van der Waals surface area contributed by atoms with Crippen LogP contribution in [0, 0.1) is 11.8 Å². The molecule has 290 valence electrons. The molecule has 1 aliphatic carbocycles. The lowest BCUT2D eigenvalue weighted by Crippen LogP contribution is -2.56. The van der Waals surface area contributed by atoms with Gasteiger partial charge in [-0.15, -0.1) is 11.8 Å². The predicted octanol–water partition coefficient (Wildman–Crippen LogP) is 6.45. The van der Waals surface area contributed by atoms with Crippen LogP contribution in [0.25, 0.3) is 0 Å². The number of aliphatic carboxylic acids is 1. The van der Waals surface area contributed by atoms with Crippen LogP contribution in [0.5, 0.6) is 5.75 Å². The van der Waals surface area contributed by atoms with E-state index in [0.29, 0.717) is 36.4 Å². The number of ether oxygens (including phenoxy) is 1. The fourth-order valence-electron chi connectivity index (χ4n) is 6.98. The molecule has 14 heteroatoms. The summed E-state index contributed by atoms with van der Waals surface area (Å²) in [4.78, 5) is 41.6. The van der Waals surface area contributed by atoms with Gasteiger partial charge in [-0.2, -0.15) is 0 Å². The number of benzene rings is 2. The Bertz CT molecular complexity index is 1760. The summed E-state index contributed by atoms with van der Waals surface area (Å²) >= 11 is 1.35. The van der Waals surface area contributed by atoms with E-state index < -0.39 is 58.0 Å². The number of anilines is 2. The average Bonchev–Trinajstić information content (AvgIpc) is 3.22. The van der Waals surface area contributed by atoms with Crippen molar-refractivity contribution in [3.8, 4) is 5.75 Å². The van der Waals surface area contributed by atoms with E-state index in [4.69, 9.17) is 4.74 Å². The van der Waals surface area contributed by atoms with Gasteiger partial charge in [0.15, 0.2) is 6.61 Å². The number of aliphatic hydroxyl groups excluding tert-OH is 1. The molecule has 1 aliphatic heterocycles. The highest BCUT2D eigenvalue weighted by Gasteiger charge is 2.42. The summed E-state index contributed by atoms with van der Waals surface area (Å²) in [5.74, 6) is -3.29. The van der Waals surface area contributed by atoms with E-state index in [9.17, 15) is 33.0 Å². The summed E-state index contributed by atoms with van der Waals surface area (Å²) in [6, 6.07) is 10.6. The molecule has 2 aliphatic rings. The van der Waals surface area contributed by atoms with E-state index in [-0.39, 0.29) is 28.7 Å². The lowest BCUT2D eigenvalue weighted by molar-refractivity contribution is -0.142. The van der Waals surface area contributed by atoms with Crippen molar-refractivity contribution in [2.75, 3.05) is 24.3 Å². The zero-order chi connectivity index (χ0) is 38.8. The third-order valence-electron chi connectivity index (χ3n) is 9.79. The van der Waals surface area contributed by atoms with Gasteiger partial charge in [0.2, 0.25) is 15.9 Å². The van der Waals surface area contributed by atoms with Crippen LogP contribution in [-0.2, 0) is 24.4 Å². The number of allylic oxidation sites excluding steroid dienone is 2. The minimum Gasteiger partial charge on any atom is -0.508 e. The first-order valence-corrected chi connectivity index (χ1v) is 21.1. The average molecular weight is 771 g/mol. The van der Waals surface area contributed by atoms with Crippen molar-refractivity contribution in [2.45, 2.75) is 106 Å². The molecular weight excluding hydrogens is 717 g/mol. The van der Waals surface area contributed by atoms with Crippen LogP contribution in [0.1, 0.15) is 79.1 Å². The Kier molecular flexibility index (Phi) is 14.8. The van der Waals surface area contributed by atoms with Crippen LogP contribution >= 0.6 is 11.8 Å². The van der Waals surface area contributed by atoms with Crippen molar-refractivity contribution in [2.24, 2.45) is 11.8 Å². The maximum Gasteiger partial charge on any atom is 0.326 e. The molecule has 0 saturated carbocycles. The number of carbonyl (C=O) groups excluding carboxylic acids is 2. The molecule has 2 aromatic carbocycles. The van der Waals surface area contributed by atoms with Crippen molar-refractivity contribution in [3.05, 3.63) is 66.5 Å². The smallest absolute Gasteiger partial charge is 0.326 e. The third kappa shape index (κ3) is 10.6. The summed E-state index contributed by atoms with van der Waals surface area (Å²) in [5, 5.41) is 24.9. The molecule has 4 atom stereocenters. The molecule has 2 aromatic rings. The number of sulfonamides is 1. The number of fused-ring (bicyclic) bond motifs is 1. The van der Waals surface area contributed by atoms with Gasteiger partial charge in [-0.05, 0) is 61.8 Å². The first kappa shape index (κ1) is 41.7. The number of hydrogen-bond acceptors (Lipinski definition) is 9. The summed E-state index contributed by atoms with van der Waals surface area (Å²) in [6.45, 7) is 7.65. The van der Waals surface area contributed by atoms with Gasteiger partial charge in [-0.25, -0.2) is 17.9 Å². The van der Waals surface area contributed by atoms with E-state index >= 15 is 0 Å². The maximum atomic E-state index is 14.3. The van der Waals surface area contributed by atoms with Gasteiger partial charge in [-0.3, -0.25) is 9.59 Å². The number of para-hydroxylation sites is 1. The van der Waals surface area contributed by atoms with Crippen molar-refractivity contribution >= 4 is 50.9 Å². The normalized spacial score (nSPS) is 19.9. The molecular formula is C39H54N4O8S2. The zero-order valence-electron chi connectivity index (χ0n) is 31.3. The Morgan fingerprint density at radius 1 is 1.06 bits per heavy atom. The van der Waals surface area contributed by atoms with Crippen LogP contribution < -0.4 is 25.0 Å².